The molecule has 4 aromatic rings. The van der Waals surface area contributed by atoms with Gasteiger partial charge in [-0.05, 0) is 83.5 Å². The van der Waals surface area contributed by atoms with E-state index in [0.717, 1.165) is 36.8 Å². The first-order chi connectivity index (χ1) is 21.1. The van der Waals surface area contributed by atoms with Gasteiger partial charge in [-0.1, -0.05) is 101 Å². The second-order valence-corrected chi connectivity index (χ2v) is 13.8. The average Bonchev–Trinajstić information content (AvgIpc) is 3.51. The molecule has 0 aliphatic heterocycles. The van der Waals surface area contributed by atoms with E-state index in [9.17, 15) is 9.90 Å². The molecule has 0 atom stereocenters. The molecule has 2 aliphatic carbocycles. The predicted octanol–water partition coefficient (Wildman–Crippen LogP) is 10.6. The van der Waals surface area contributed by atoms with Crippen molar-refractivity contribution < 1.29 is 30.0 Å². The number of carbonyl (C=O) groups excluding carboxylic acids is 1. The third-order valence-electron chi connectivity index (χ3n) is 10.2. The van der Waals surface area contributed by atoms with Crippen molar-refractivity contribution in [3.63, 3.8) is 0 Å². The standard InChI is InChI=1S/C27H25N2.C13H24O2.Ir/c1-26(2,3)20-12-18-7-11-29-25-21-13-19-16-28-10-6-17(19)14-22(21)27(8-4-5-9-27)23(15-20)24(18)25;1-5-10(6-2)12(14)9-13(15)11(7-3)8-4;/h6-7,10-12,14-16H,4-5,8-9H2,1-3H3;9-11,14H,5-8H2,1-4H3;/q-1;;/b;12-9-;. The van der Waals surface area contributed by atoms with Crippen molar-refractivity contribution in [2.24, 2.45) is 11.8 Å². The first kappa shape index (κ1) is 35.0. The average molecular weight is 782 g/mol. The van der Waals surface area contributed by atoms with Gasteiger partial charge in [0.15, 0.2) is 5.78 Å². The van der Waals surface area contributed by atoms with Crippen LogP contribution in [0, 0.1) is 17.9 Å². The molecule has 0 amide bonds. The third kappa shape index (κ3) is 6.67. The van der Waals surface area contributed by atoms with Gasteiger partial charge in [0.1, 0.15) is 0 Å². The molecule has 1 N–H and O–H groups in total. The number of aliphatic hydroxyl groups excluding tert-OH is 1. The van der Waals surface area contributed by atoms with Gasteiger partial charge in [0.25, 0.3) is 0 Å². The Morgan fingerprint density at radius 1 is 0.933 bits per heavy atom. The summed E-state index contributed by atoms with van der Waals surface area (Å²) in [6.45, 7) is 15.0. The van der Waals surface area contributed by atoms with Crippen LogP contribution in [0.4, 0.5) is 0 Å². The van der Waals surface area contributed by atoms with Crippen molar-refractivity contribution >= 4 is 27.3 Å². The number of benzene rings is 2. The van der Waals surface area contributed by atoms with E-state index in [1.54, 1.807) is 0 Å². The number of carbonyl (C=O) groups is 1. The van der Waals surface area contributed by atoms with E-state index in [-0.39, 0.29) is 54.3 Å². The Balaban J connectivity index is 0.000000249. The summed E-state index contributed by atoms with van der Waals surface area (Å²) in [6, 6.07) is 15.3. The van der Waals surface area contributed by atoms with Crippen molar-refractivity contribution in [3.05, 3.63) is 83.5 Å². The van der Waals surface area contributed by atoms with Gasteiger partial charge in [-0.2, -0.15) is 0 Å². The number of aliphatic hydroxyl groups is 1. The molecule has 0 saturated heterocycles. The minimum absolute atomic E-state index is 0. The maximum Gasteiger partial charge on any atom is 0.162 e. The number of aromatic nitrogens is 2. The molecule has 45 heavy (non-hydrogen) atoms. The van der Waals surface area contributed by atoms with Gasteiger partial charge in [0, 0.05) is 56.1 Å². The van der Waals surface area contributed by atoms with E-state index in [1.165, 1.54) is 70.2 Å². The number of pyridine rings is 2. The molecule has 2 aromatic heterocycles. The van der Waals surface area contributed by atoms with Crippen molar-refractivity contribution in [3.8, 4) is 11.3 Å². The molecule has 1 saturated carbocycles. The van der Waals surface area contributed by atoms with E-state index in [2.05, 4.69) is 62.2 Å². The summed E-state index contributed by atoms with van der Waals surface area (Å²) < 4.78 is 0. The van der Waals surface area contributed by atoms with Gasteiger partial charge in [-0.15, -0.1) is 12.1 Å². The molecule has 1 radical (unpaired) electrons. The molecular weight excluding hydrogens is 733 g/mol. The Hall–Kier alpha value is -2.88. The second kappa shape index (κ2) is 14.3. The minimum Gasteiger partial charge on any atom is -0.512 e. The van der Waals surface area contributed by atoms with Gasteiger partial charge in [-0.25, -0.2) is 0 Å². The molecule has 2 heterocycles. The maximum atomic E-state index is 11.7. The molecule has 4 nitrogen and oxygen atoms in total. The smallest absolute Gasteiger partial charge is 0.162 e. The summed E-state index contributed by atoms with van der Waals surface area (Å²) in [5.41, 5.74) is 6.82. The summed E-state index contributed by atoms with van der Waals surface area (Å²) in [6.07, 6.45) is 15.7. The third-order valence-corrected chi connectivity index (χ3v) is 10.2. The first-order valence-electron chi connectivity index (χ1n) is 16.8. The zero-order valence-electron chi connectivity index (χ0n) is 28.1. The molecule has 2 aliphatic rings. The zero-order chi connectivity index (χ0) is 31.6. The molecule has 1 spiro atoms. The minimum atomic E-state index is 0. The van der Waals surface area contributed by atoms with Crippen LogP contribution in [0.25, 0.3) is 32.8 Å². The van der Waals surface area contributed by atoms with E-state index < -0.39 is 0 Å². The monoisotopic (exact) mass is 782 g/mol. The van der Waals surface area contributed by atoms with E-state index in [1.807, 2.05) is 46.3 Å². The fraction of sp³-hybridized carbons (Fsp3) is 0.475. The molecule has 6 rings (SSSR count). The number of rotatable bonds is 7. The summed E-state index contributed by atoms with van der Waals surface area (Å²) in [4.78, 5) is 20.9. The van der Waals surface area contributed by atoms with Crippen LogP contribution in [0.5, 0.6) is 0 Å². The Morgan fingerprint density at radius 3 is 2.20 bits per heavy atom. The molecule has 5 heteroatoms. The quantitative estimate of drug-likeness (QED) is 0.115. The number of fused-ring (bicyclic) bond motifs is 5. The summed E-state index contributed by atoms with van der Waals surface area (Å²) in [7, 11) is 0. The Bertz CT molecular complexity index is 1690. The van der Waals surface area contributed by atoms with Gasteiger partial charge < -0.3 is 10.1 Å². The normalized spacial score (nSPS) is 15.3. The maximum absolute atomic E-state index is 11.7. The van der Waals surface area contributed by atoms with Crippen molar-refractivity contribution in [1.29, 1.82) is 0 Å². The Morgan fingerprint density at radius 2 is 1.58 bits per heavy atom. The zero-order valence-corrected chi connectivity index (χ0v) is 30.5. The van der Waals surface area contributed by atoms with Crippen LogP contribution < -0.4 is 0 Å². The van der Waals surface area contributed by atoms with Gasteiger partial charge in [-0.3, -0.25) is 9.78 Å². The number of nitrogens with zero attached hydrogens (tertiary/aromatic N) is 2. The van der Waals surface area contributed by atoms with E-state index in [4.69, 9.17) is 4.98 Å². The number of hydrogen-bond donors (Lipinski definition) is 1. The molecule has 2 aromatic carbocycles. The van der Waals surface area contributed by atoms with Crippen molar-refractivity contribution in [2.75, 3.05) is 0 Å². The van der Waals surface area contributed by atoms with Crippen LogP contribution in [0.1, 0.15) is 117 Å². The van der Waals surface area contributed by atoms with Crippen molar-refractivity contribution in [1.82, 2.24) is 9.97 Å². The van der Waals surface area contributed by atoms with E-state index >= 15 is 0 Å². The van der Waals surface area contributed by atoms with Crippen LogP contribution in [-0.4, -0.2) is 20.9 Å². The summed E-state index contributed by atoms with van der Waals surface area (Å²) >= 11 is 0. The Kier molecular flexibility index (Phi) is 11.1. The largest absolute Gasteiger partial charge is 0.512 e. The predicted molar refractivity (Wildman–Crippen MR) is 183 cm³/mol. The molecule has 0 unspecified atom stereocenters. The first-order valence-corrected chi connectivity index (χ1v) is 16.8. The van der Waals surface area contributed by atoms with E-state index in [0.29, 0.717) is 0 Å². The fourth-order valence-corrected chi connectivity index (χ4v) is 7.39. The SMILES string of the molecule is CC(C)(C)c1cc2c3c(nccc3c1)-c1[c-]c3cnccc3cc1C21CCCC1.CCC(CC)C(=O)/C=C(\O)C(CC)CC.[Ir]. The molecule has 1 fully saturated rings. The van der Waals surface area contributed by atoms with Crippen molar-refractivity contribution in [2.45, 2.75) is 111 Å². The fourth-order valence-electron chi connectivity index (χ4n) is 7.39. The molecule has 0 bridgehead atoms. The van der Waals surface area contributed by atoms with Gasteiger partial charge >= 0.3 is 0 Å². The summed E-state index contributed by atoms with van der Waals surface area (Å²) in [5, 5.41) is 14.7. The second-order valence-electron chi connectivity index (χ2n) is 13.8. The van der Waals surface area contributed by atoms with Gasteiger partial charge in [0.05, 0.1) is 5.76 Å². The van der Waals surface area contributed by atoms with Crippen LogP contribution >= 0.6 is 0 Å². The number of hydrogen-bond acceptors (Lipinski definition) is 4. The van der Waals surface area contributed by atoms with Crippen LogP contribution in [0.2, 0.25) is 0 Å². The number of ketones is 1. The Labute approximate surface area is 283 Å². The van der Waals surface area contributed by atoms with Crippen LogP contribution in [-0.2, 0) is 35.7 Å². The summed E-state index contributed by atoms with van der Waals surface area (Å²) in [5.74, 6) is 0.547. The number of allylic oxidation sites excluding steroid dienone is 2. The molecule has 241 valence electrons. The van der Waals surface area contributed by atoms with Crippen LogP contribution in [0.3, 0.4) is 0 Å². The van der Waals surface area contributed by atoms with Crippen LogP contribution in [0.15, 0.2) is 60.8 Å². The van der Waals surface area contributed by atoms with Gasteiger partial charge in [0.2, 0.25) is 0 Å². The topological polar surface area (TPSA) is 63.1 Å². The molecular formula is C40H49IrN2O2-.